The van der Waals surface area contributed by atoms with Crippen LogP contribution in [0.25, 0.3) is 0 Å². The Morgan fingerprint density at radius 2 is 1.79 bits per heavy atom. The van der Waals surface area contributed by atoms with Crippen molar-refractivity contribution in [3.63, 3.8) is 0 Å². The van der Waals surface area contributed by atoms with E-state index >= 15 is 0 Å². The molecule has 0 aromatic heterocycles. The Hall–Kier alpha value is -3.98. The number of nitriles is 2. The zero-order valence-electron chi connectivity index (χ0n) is 15.2. The third-order valence-corrected chi connectivity index (χ3v) is 4.55. The van der Waals surface area contributed by atoms with E-state index in [1.54, 1.807) is 31.2 Å². The van der Waals surface area contributed by atoms with Gasteiger partial charge in [-0.25, -0.2) is 0 Å². The van der Waals surface area contributed by atoms with Crippen molar-refractivity contribution in [1.82, 2.24) is 5.32 Å². The number of nitrogens with two attached hydrogens (primary N) is 1. The van der Waals surface area contributed by atoms with Crippen molar-refractivity contribution in [3.05, 3.63) is 76.5 Å². The molecule has 0 saturated heterocycles. The Balaban J connectivity index is 2.11. The van der Waals surface area contributed by atoms with Crippen molar-refractivity contribution in [1.29, 1.82) is 10.5 Å². The molecule has 6 nitrogen and oxygen atoms in total. The Bertz CT molecular complexity index is 1070. The first-order valence-corrected chi connectivity index (χ1v) is 8.43. The number of rotatable bonds is 2. The highest BCUT2D eigenvalue weighted by molar-refractivity contribution is 6.01. The normalized spacial score (nSPS) is 18.2. The fourth-order valence-electron chi connectivity index (χ4n) is 3.13. The first-order chi connectivity index (χ1) is 13.8. The van der Waals surface area contributed by atoms with E-state index in [4.69, 9.17) is 11.1 Å². The molecule has 0 radical (unpaired) electrons. The molecule has 3 rings (SSSR count). The molecule has 2 aromatic rings. The number of nitrogens with one attached hydrogen (secondary N) is 1. The van der Waals surface area contributed by atoms with Crippen LogP contribution in [0, 0.1) is 22.7 Å². The predicted molar refractivity (Wildman–Crippen MR) is 101 cm³/mol. The Kier molecular flexibility index (Phi) is 5.16. The number of hydrazone groups is 1. The van der Waals surface area contributed by atoms with Gasteiger partial charge in [-0.3, -0.25) is 4.90 Å². The van der Waals surface area contributed by atoms with Crippen molar-refractivity contribution in [2.24, 2.45) is 10.9 Å². The molecule has 0 aliphatic carbocycles. The van der Waals surface area contributed by atoms with Crippen LogP contribution in [0.1, 0.15) is 29.7 Å². The maximum absolute atomic E-state index is 13.1. The molecule has 1 aliphatic rings. The molecule has 1 unspecified atom stereocenters. The van der Waals surface area contributed by atoms with Crippen molar-refractivity contribution < 1.29 is 13.2 Å². The van der Waals surface area contributed by atoms with Crippen molar-refractivity contribution >= 4 is 11.6 Å². The lowest BCUT2D eigenvalue weighted by atomic mass is 9.95. The van der Waals surface area contributed by atoms with Crippen LogP contribution in [0.5, 0.6) is 0 Å². The van der Waals surface area contributed by atoms with Gasteiger partial charge in [0.15, 0.2) is 0 Å². The van der Waals surface area contributed by atoms with Gasteiger partial charge < -0.3 is 11.2 Å². The first-order valence-electron chi connectivity index (χ1n) is 8.43. The zero-order chi connectivity index (χ0) is 21.2. The summed E-state index contributed by atoms with van der Waals surface area (Å²) < 4.78 is 39.4. The number of hydrogen-bond donors (Lipinski definition) is 2. The number of allylic oxidation sites excluding steroid dienone is 1. The Morgan fingerprint density at radius 3 is 2.34 bits per heavy atom. The highest BCUT2D eigenvalue weighted by Gasteiger charge is 2.34. The molecule has 2 aromatic carbocycles. The van der Waals surface area contributed by atoms with Crippen LogP contribution >= 0.6 is 0 Å². The van der Waals surface area contributed by atoms with E-state index in [1.807, 2.05) is 6.07 Å². The Labute approximate surface area is 165 Å². The Morgan fingerprint density at radius 1 is 1.10 bits per heavy atom. The lowest BCUT2D eigenvalue weighted by Gasteiger charge is -2.36. The molecule has 1 aliphatic heterocycles. The largest absolute Gasteiger partial charge is 0.416 e. The molecular formula is C20H15F3N6. The molecule has 29 heavy (non-hydrogen) atoms. The van der Waals surface area contributed by atoms with E-state index in [9.17, 15) is 18.4 Å². The summed E-state index contributed by atoms with van der Waals surface area (Å²) in [7, 11) is 0. The van der Waals surface area contributed by atoms with Crippen LogP contribution in [0.3, 0.4) is 0 Å². The maximum atomic E-state index is 13.1. The van der Waals surface area contributed by atoms with Crippen LogP contribution in [0.4, 0.5) is 18.9 Å². The van der Waals surface area contributed by atoms with Gasteiger partial charge in [0.2, 0.25) is 5.96 Å². The average molecular weight is 396 g/mol. The quantitative estimate of drug-likeness (QED) is 0.595. The second-order valence-corrected chi connectivity index (χ2v) is 6.26. The van der Waals surface area contributed by atoms with Crippen molar-refractivity contribution in [2.75, 3.05) is 4.90 Å². The minimum Gasteiger partial charge on any atom is -0.342 e. The number of alkyl halides is 3. The van der Waals surface area contributed by atoms with Gasteiger partial charge in [0.1, 0.15) is 0 Å². The number of anilines is 1. The van der Waals surface area contributed by atoms with E-state index in [2.05, 4.69) is 16.5 Å². The smallest absolute Gasteiger partial charge is 0.342 e. The molecule has 3 N–H and O–H groups in total. The van der Waals surface area contributed by atoms with Crippen LogP contribution in [0.15, 0.2) is 64.9 Å². The van der Waals surface area contributed by atoms with Gasteiger partial charge in [-0.2, -0.15) is 23.7 Å². The summed E-state index contributed by atoms with van der Waals surface area (Å²) in [4.78, 5) is 1.37. The molecule has 0 amide bonds. The third-order valence-electron chi connectivity index (χ3n) is 4.55. The minimum atomic E-state index is -4.51. The third kappa shape index (κ3) is 3.71. The van der Waals surface area contributed by atoms with E-state index in [-0.39, 0.29) is 11.6 Å². The van der Waals surface area contributed by atoms with Gasteiger partial charge >= 0.3 is 6.18 Å². The molecule has 0 bridgehead atoms. The lowest BCUT2D eigenvalue weighted by molar-refractivity contribution is -0.137. The molecular weight excluding hydrogens is 381 g/mol. The van der Waals surface area contributed by atoms with Crippen LogP contribution in [0.2, 0.25) is 0 Å². The van der Waals surface area contributed by atoms with E-state index in [0.29, 0.717) is 22.4 Å². The average Bonchev–Trinajstić information content (AvgIpc) is 2.72. The monoisotopic (exact) mass is 396 g/mol. The predicted octanol–water partition coefficient (Wildman–Crippen LogP) is 3.76. The number of hydrogen-bond acceptors (Lipinski definition) is 4. The van der Waals surface area contributed by atoms with Crippen LogP contribution in [-0.2, 0) is 6.18 Å². The molecule has 0 spiro atoms. The van der Waals surface area contributed by atoms with Gasteiger partial charge in [-0.1, -0.05) is 18.2 Å². The van der Waals surface area contributed by atoms with E-state index in [1.165, 1.54) is 17.0 Å². The number of nitrogens with zero attached hydrogens (tertiary/aromatic N) is 4. The summed E-state index contributed by atoms with van der Waals surface area (Å²) in [6, 6.07) is 14.8. The highest BCUT2D eigenvalue weighted by atomic mass is 19.4. The molecule has 9 heteroatoms. The SMILES string of the molecule is CC1=C(C#N)C(c2ccc(C#N)cc2)N/C(=N\N)N1c1cccc(C(F)(F)F)c1. The lowest BCUT2D eigenvalue weighted by Crippen LogP contribution is -2.48. The van der Waals surface area contributed by atoms with Gasteiger partial charge in [0.05, 0.1) is 34.9 Å². The summed E-state index contributed by atoms with van der Waals surface area (Å²) >= 11 is 0. The standard InChI is InChI=1S/C20H15F3N6/c1-12-17(11-25)18(14-7-5-13(10-24)6-8-14)27-19(28-26)29(12)16-4-2-3-15(9-16)20(21,22)23/h2-9,18H,26H2,1H3,(H,27,28). The fourth-order valence-corrected chi connectivity index (χ4v) is 3.13. The zero-order valence-corrected chi connectivity index (χ0v) is 15.2. The summed E-state index contributed by atoms with van der Waals surface area (Å²) in [5, 5.41) is 25.4. The molecule has 146 valence electrons. The molecule has 1 atom stereocenters. The first kappa shape index (κ1) is 19.8. The van der Waals surface area contributed by atoms with E-state index in [0.717, 1.165) is 12.1 Å². The minimum absolute atomic E-state index is 0.0928. The maximum Gasteiger partial charge on any atom is 0.416 e. The second kappa shape index (κ2) is 7.56. The van der Waals surface area contributed by atoms with Gasteiger partial charge in [-0.15, -0.1) is 5.10 Å². The summed E-state index contributed by atoms with van der Waals surface area (Å²) in [5.41, 5.74) is 1.17. The van der Waals surface area contributed by atoms with E-state index < -0.39 is 17.8 Å². The summed E-state index contributed by atoms with van der Waals surface area (Å²) in [5.74, 6) is 5.60. The summed E-state index contributed by atoms with van der Waals surface area (Å²) in [6.45, 7) is 1.61. The summed E-state index contributed by atoms with van der Waals surface area (Å²) in [6.07, 6.45) is -4.51. The number of guanidine groups is 1. The highest BCUT2D eigenvalue weighted by Crippen LogP contribution is 2.36. The van der Waals surface area contributed by atoms with Gasteiger partial charge in [-0.05, 0) is 42.8 Å². The molecule has 0 saturated carbocycles. The number of halogens is 3. The fraction of sp³-hybridized carbons (Fsp3) is 0.150. The molecule has 1 heterocycles. The van der Waals surface area contributed by atoms with Crippen LogP contribution < -0.4 is 16.1 Å². The van der Waals surface area contributed by atoms with Crippen molar-refractivity contribution in [3.8, 4) is 12.1 Å². The molecule has 0 fully saturated rings. The topological polar surface area (TPSA) is 101 Å². The second-order valence-electron chi connectivity index (χ2n) is 6.26. The number of benzene rings is 2. The van der Waals surface area contributed by atoms with Gasteiger partial charge in [0, 0.05) is 11.4 Å². The van der Waals surface area contributed by atoms with Crippen molar-refractivity contribution in [2.45, 2.75) is 19.1 Å². The van der Waals surface area contributed by atoms with Gasteiger partial charge in [0.25, 0.3) is 0 Å². The van der Waals surface area contributed by atoms with Crippen LogP contribution in [-0.4, -0.2) is 5.96 Å².